The monoisotopic (exact) mass is 425 g/mol. The number of hydrazine groups is 1. The van der Waals surface area contributed by atoms with Crippen molar-refractivity contribution < 1.29 is 33.4 Å². The van der Waals surface area contributed by atoms with Gasteiger partial charge in [-0.2, -0.15) is 0 Å². The van der Waals surface area contributed by atoms with Crippen LogP contribution in [-0.2, 0) is 25.6 Å². The molecule has 1 saturated heterocycles. The zero-order valence-corrected chi connectivity index (χ0v) is 16.3. The molecule has 2 aliphatic rings. The van der Waals surface area contributed by atoms with Crippen molar-refractivity contribution in [2.45, 2.75) is 18.9 Å². The Bertz CT molecular complexity index is 968. The number of rotatable bonds is 4. The number of amides is 4. The Morgan fingerprint density at radius 2 is 1.48 bits per heavy atom. The zero-order chi connectivity index (χ0) is 21.8. The van der Waals surface area contributed by atoms with Gasteiger partial charge in [-0.05, 0) is 17.7 Å². The van der Waals surface area contributed by atoms with Gasteiger partial charge in [0, 0.05) is 0 Å². The molecule has 0 unspecified atom stereocenters. The van der Waals surface area contributed by atoms with Crippen LogP contribution < -0.4 is 10.9 Å². The Hall–Kier alpha value is -3.76. The Balaban J connectivity index is 1.23. The largest absolute Gasteiger partial charge is 0.443 e. The summed E-state index contributed by atoms with van der Waals surface area (Å²) in [5.74, 6) is -1.61. The SMILES string of the molecule is O=C(NNC(=O)[C@H]1OC[C@H](N2C(=O)c3ccccc3C2=O)CO1)OCc1ccccc1. The van der Waals surface area contributed by atoms with Crippen LogP contribution in [0.5, 0.6) is 0 Å². The van der Waals surface area contributed by atoms with E-state index in [2.05, 4.69) is 10.9 Å². The molecule has 0 saturated carbocycles. The summed E-state index contributed by atoms with van der Waals surface area (Å²) in [5, 5.41) is 0. The molecule has 10 heteroatoms. The summed E-state index contributed by atoms with van der Waals surface area (Å²) in [6.07, 6.45) is -2.15. The van der Waals surface area contributed by atoms with Crippen LogP contribution in [0, 0.1) is 0 Å². The first-order chi connectivity index (χ1) is 15.0. The maximum Gasteiger partial charge on any atom is 0.426 e. The van der Waals surface area contributed by atoms with E-state index in [1.54, 1.807) is 36.4 Å². The molecular formula is C21H19N3O7. The fourth-order valence-electron chi connectivity index (χ4n) is 3.26. The Morgan fingerprint density at radius 1 is 0.903 bits per heavy atom. The molecule has 2 aromatic carbocycles. The topological polar surface area (TPSA) is 123 Å². The summed E-state index contributed by atoms with van der Waals surface area (Å²) < 4.78 is 15.7. The molecule has 0 aliphatic carbocycles. The van der Waals surface area contributed by atoms with Crippen LogP contribution in [0.25, 0.3) is 0 Å². The average Bonchev–Trinajstić information content (AvgIpc) is 3.07. The minimum Gasteiger partial charge on any atom is -0.443 e. The minimum atomic E-state index is -1.30. The van der Waals surface area contributed by atoms with Crippen LogP contribution in [0.3, 0.4) is 0 Å². The summed E-state index contributed by atoms with van der Waals surface area (Å²) >= 11 is 0. The second kappa shape index (κ2) is 8.94. The first-order valence-electron chi connectivity index (χ1n) is 9.51. The Kier molecular flexibility index (Phi) is 5.92. The number of imide groups is 1. The highest BCUT2D eigenvalue weighted by atomic mass is 16.7. The van der Waals surface area contributed by atoms with E-state index in [1.165, 1.54) is 0 Å². The van der Waals surface area contributed by atoms with Gasteiger partial charge in [0.05, 0.1) is 30.4 Å². The molecular weight excluding hydrogens is 406 g/mol. The van der Waals surface area contributed by atoms with E-state index in [0.29, 0.717) is 11.1 Å². The normalized spacial score (nSPS) is 20.2. The molecule has 2 heterocycles. The lowest BCUT2D eigenvalue weighted by Gasteiger charge is -2.32. The van der Waals surface area contributed by atoms with Crippen molar-refractivity contribution >= 4 is 23.8 Å². The highest BCUT2D eigenvalue weighted by molar-refractivity contribution is 6.21. The van der Waals surface area contributed by atoms with E-state index >= 15 is 0 Å². The van der Waals surface area contributed by atoms with Crippen LogP contribution in [-0.4, -0.2) is 54.3 Å². The van der Waals surface area contributed by atoms with Crippen LogP contribution in [0.2, 0.25) is 0 Å². The molecule has 0 aromatic heterocycles. The van der Waals surface area contributed by atoms with Crippen molar-refractivity contribution in [2.24, 2.45) is 0 Å². The van der Waals surface area contributed by atoms with Crippen molar-refractivity contribution in [3.63, 3.8) is 0 Å². The molecule has 10 nitrogen and oxygen atoms in total. The third-order valence-electron chi connectivity index (χ3n) is 4.79. The number of nitrogens with one attached hydrogen (secondary N) is 2. The van der Waals surface area contributed by atoms with Crippen molar-refractivity contribution in [2.75, 3.05) is 13.2 Å². The van der Waals surface area contributed by atoms with Gasteiger partial charge in [-0.25, -0.2) is 10.2 Å². The number of hydrogen-bond donors (Lipinski definition) is 2. The van der Waals surface area contributed by atoms with Crippen molar-refractivity contribution in [1.82, 2.24) is 15.8 Å². The maximum atomic E-state index is 12.5. The van der Waals surface area contributed by atoms with Gasteiger partial charge in [-0.3, -0.25) is 24.7 Å². The third kappa shape index (κ3) is 4.39. The van der Waals surface area contributed by atoms with Gasteiger partial charge in [-0.1, -0.05) is 42.5 Å². The molecule has 4 rings (SSSR count). The molecule has 2 aliphatic heterocycles. The fourth-order valence-corrected chi connectivity index (χ4v) is 3.26. The van der Waals surface area contributed by atoms with E-state index < -0.39 is 36.1 Å². The molecule has 0 bridgehead atoms. The molecule has 0 radical (unpaired) electrons. The van der Waals surface area contributed by atoms with Crippen molar-refractivity contribution in [3.05, 3.63) is 71.3 Å². The van der Waals surface area contributed by atoms with Crippen LogP contribution in [0.15, 0.2) is 54.6 Å². The number of hydrogen-bond acceptors (Lipinski definition) is 7. The quantitative estimate of drug-likeness (QED) is 0.553. The van der Waals surface area contributed by atoms with Gasteiger partial charge in [0.15, 0.2) is 0 Å². The number of fused-ring (bicyclic) bond motifs is 1. The smallest absolute Gasteiger partial charge is 0.426 e. The predicted molar refractivity (Wildman–Crippen MR) is 104 cm³/mol. The second-order valence-electron chi connectivity index (χ2n) is 6.85. The van der Waals surface area contributed by atoms with Crippen LogP contribution in [0.4, 0.5) is 4.79 Å². The van der Waals surface area contributed by atoms with E-state index in [0.717, 1.165) is 10.5 Å². The minimum absolute atomic E-state index is 0.0426. The molecule has 1 fully saturated rings. The zero-order valence-electron chi connectivity index (χ0n) is 16.3. The van der Waals surface area contributed by atoms with Gasteiger partial charge >= 0.3 is 6.09 Å². The highest BCUT2D eigenvalue weighted by Crippen LogP contribution is 2.26. The number of carbonyl (C=O) groups excluding carboxylic acids is 4. The molecule has 0 spiro atoms. The number of ether oxygens (including phenoxy) is 3. The van der Waals surface area contributed by atoms with Gasteiger partial charge in [0.1, 0.15) is 6.61 Å². The Morgan fingerprint density at radius 3 is 2.10 bits per heavy atom. The highest BCUT2D eigenvalue weighted by Gasteiger charge is 2.42. The van der Waals surface area contributed by atoms with E-state index in [-0.39, 0.29) is 19.8 Å². The third-order valence-corrected chi connectivity index (χ3v) is 4.79. The van der Waals surface area contributed by atoms with Crippen LogP contribution >= 0.6 is 0 Å². The standard InChI is InChI=1S/C21H19N3O7/c25-17(22-23-21(28)31-10-13-6-2-1-3-7-13)20-29-11-14(12-30-20)24-18(26)15-8-4-5-9-16(15)19(24)27/h1-9,14,20H,10-12H2,(H,22,25)(H,23,28)/t14-,20-. The number of nitrogens with zero attached hydrogens (tertiary/aromatic N) is 1. The van der Waals surface area contributed by atoms with Gasteiger partial charge in [-0.15, -0.1) is 0 Å². The lowest BCUT2D eigenvalue weighted by atomic mass is 10.1. The van der Waals surface area contributed by atoms with Gasteiger partial charge < -0.3 is 14.2 Å². The molecule has 0 atom stereocenters. The molecule has 31 heavy (non-hydrogen) atoms. The fraction of sp³-hybridized carbons (Fsp3) is 0.238. The van der Waals surface area contributed by atoms with E-state index in [1.807, 2.05) is 18.2 Å². The van der Waals surface area contributed by atoms with E-state index in [4.69, 9.17) is 14.2 Å². The van der Waals surface area contributed by atoms with Crippen molar-refractivity contribution in [3.8, 4) is 0 Å². The molecule has 2 aromatic rings. The maximum absolute atomic E-state index is 12.5. The summed E-state index contributed by atoms with van der Waals surface area (Å²) in [5.41, 5.74) is 5.69. The first kappa shape index (κ1) is 20.5. The summed E-state index contributed by atoms with van der Waals surface area (Å²) in [7, 11) is 0. The van der Waals surface area contributed by atoms with Gasteiger partial charge in [0.2, 0.25) is 6.29 Å². The molecule has 160 valence electrons. The number of benzene rings is 2. The van der Waals surface area contributed by atoms with Crippen LogP contribution in [0.1, 0.15) is 26.3 Å². The molecule has 2 N–H and O–H groups in total. The summed E-state index contributed by atoms with van der Waals surface area (Å²) in [6, 6.07) is 14.9. The number of carbonyl (C=O) groups is 4. The second-order valence-corrected chi connectivity index (χ2v) is 6.85. The van der Waals surface area contributed by atoms with Crippen molar-refractivity contribution in [1.29, 1.82) is 0 Å². The lowest BCUT2D eigenvalue weighted by Crippen LogP contribution is -2.55. The first-order valence-corrected chi connectivity index (χ1v) is 9.51. The average molecular weight is 425 g/mol. The predicted octanol–water partition coefficient (Wildman–Crippen LogP) is 0.982. The summed E-state index contributed by atoms with van der Waals surface area (Å²) in [6.45, 7) is -0.120. The Labute approximate surface area is 177 Å². The lowest BCUT2D eigenvalue weighted by molar-refractivity contribution is -0.202. The van der Waals surface area contributed by atoms with Gasteiger partial charge in [0.25, 0.3) is 17.7 Å². The molecule has 4 amide bonds. The van der Waals surface area contributed by atoms with E-state index in [9.17, 15) is 19.2 Å². The summed E-state index contributed by atoms with van der Waals surface area (Å²) in [4.78, 5) is 49.9.